The van der Waals surface area contributed by atoms with Crippen molar-refractivity contribution in [3.8, 4) is 0 Å². The molecule has 0 atom stereocenters. The van der Waals surface area contributed by atoms with Crippen LogP contribution in [0.5, 0.6) is 0 Å². The van der Waals surface area contributed by atoms with Crippen molar-refractivity contribution < 1.29 is 13.2 Å². The second kappa shape index (κ2) is 9.34. The van der Waals surface area contributed by atoms with E-state index in [0.29, 0.717) is 34.7 Å². The van der Waals surface area contributed by atoms with Crippen LogP contribution >= 0.6 is 28.1 Å². The van der Waals surface area contributed by atoms with Crippen LogP contribution < -0.4 is 10.6 Å². The molecule has 29 heavy (non-hydrogen) atoms. The van der Waals surface area contributed by atoms with Gasteiger partial charge in [-0.3, -0.25) is 10.1 Å². The molecule has 0 radical (unpaired) electrons. The predicted molar refractivity (Wildman–Crippen MR) is 121 cm³/mol. The molecule has 1 fully saturated rings. The van der Waals surface area contributed by atoms with Crippen LogP contribution in [0.15, 0.2) is 57.9 Å². The Morgan fingerprint density at radius 2 is 1.72 bits per heavy atom. The fourth-order valence-corrected chi connectivity index (χ4v) is 5.21. The number of halogens is 1. The molecule has 0 bridgehead atoms. The van der Waals surface area contributed by atoms with Gasteiger partial charge in [0.1, 0.15) is 0 Å². The number of sulfonamides is 1. The number of anilines is 1. The van der Waals surface area contributed by atoms with Crippen molar-refractivity contribution in [3.05, 3.63) is 58.6 Å². The number of nitrogens with zero attached hydrogens (tertiary/aromatic N) is 1. The van der Waals surface area contributed by atoms with E-state index in [2.05, 4.69) is 33.5 Å². The van der Waals surface area contributed by atoms with Crippen LogP contribution in [-0.2, 0) is 10.0 Å². The minimum atomic E-state index is -3.49. The molecule has 2 aromatic carbocycles. The molecule has 2 N–H and O–H groups in total. The minimum Gasteiger partial charge on any atom is -0.332 e. The standard InChI is InChI=1S/C20H22BrN3O3S2/c1-14-10-12-24(13-11-14)29(26,27)16-8-6-15(7-9-16)22-20(28)23-19(25)17-4-2-3-5-18(17)21/h2-9,14H,10-13H2,1H3,(H2,22,23,25,28). The molecule has 9 heteroatoms. The fourth-order valence-electron chi connectivity index (χ4n) is 3.06. The molecule has 0 aromatic heterocycles. The Hall–Kier alpha value is -1.81. The van der Waals surface area contributed by atoms with E-state index in [1.54, 1.807) is 42.5 Å². The van der Waals surface area contributed by atoms with E-state index >= 15 is 0 Å². The number of amides is 1. The molecule has 0 spiro atoms. The van der Waals surface area contributed by atoms with Crippen molar-refractivity contribution in [3.63, 3.8) is 0 Å². The molecule has 154 valence electrons. The summed E-state index contributed by atoms with van der Waals surface area (Å²) in [5.74, 6) is 0.217. The lowest BCUT2D eigenvalue weighted by Crippen LogP contribution is -2.37. The van der Waals surface area contributed by atoms with Gasteiger partial charge in [-0.1, -0.05) is 19.1 Å². The van der Waals surface area contributed by atoms with Gasteiger partial charge in [-0.2, -0.15) is 4.31 Å². The normalized spacial score (nSPS) is 15.7. The Morgan fingerprint density at radius 3 is 2.34 bits per heavy atom. The third kappa shape index (κ3) is 5.42. The van der Waals surface area contributed by atoms with Gasteiger partial charge in [0.05, 0.1) is 10.5 Å². The second-order valence-corrected chi connectivity index (χ2v) is 10.2. The molecular weight excluding hydrogens is 474 g/mol. The van der Waals surface area contributed by atoms with Gasteiger partial charge in [0.2, 0.25) is 10.0 Å². The van der Waals surface area contributed by atoms with Gasteiger partial charge in [-0.25, -0.2) is 8.42 Å². The van der Waals surface area contributed by atoms with Crippen LogP contribution in [0, 0.1) is 5.92 Å². The topological polar surface area (TPSA) is 78.5 Å². The summed E-state index contributed by atoms with van der Waals surface area (Å²) in [6.45, 7) is 3.24. The quantitative estimate of drug-likeness (QED) is 0.626. The first-order chi connectivity index (χ1) is 13.8. The number of benzene rings is 2. The Bertz CT molecular complexity index is 1000. The first kappa shape index (κ1) is 21.9. The van der Waals surface area contributed by atoms with E-state index in [9.17, 15) is 13.2 Å². The number of piperidine rings is 1. The number of carbonyl (C=O) groups excluding carboxylic acids is 1. The van der Waals surface area contributed by atoms with Gasteiger partial charge in [0.15, 0.2) is 5.11 Å². The molecular formula is C20H22BrN3O3S2. The van der Waals surface area contributed by atoms with Gasteiger partial charge >= 0.3 is 0 Å². The zero-order valence-corrected chi connectivity index (χ0v) is 19.1. The molecule has 2 aromatic rings. The number of carbonyl (C=O) groups is 1. The summed E-state index contributed by atoms with van der Waals surface area (Å²) < 4.78 is 27.8. The number of thiocarbonyl (C=S) groups is 1. The highest BCUT2D eigenvalue weighted by Crippen LogP contribution is 2.24. The predicted octanol–water partition coefficient (Wildman–Crippen LogP) is 4.00. The SMILES string of the molecule is CC1CCN(S(=O)(=O)c2ccc(NC(=S)NC(=O)c3ccccc3Br)cc2)CC1. The van der Waals surface area contributed by atoms with Crippen molar-refractivity contribution >= 4 is 54.9 Å². The smallest absolute Gasteiger partial charge is 0.258 e. The highest BCUT2D eigenvalue weighted by atomic mass is 79.9. The van der Waals surface area contributed by atoms with Crippen molar-refractivity contribution in [1.82, 2.24) is 9.62 Å². The number of nitrogens with one attached hydrogen (secondary N) is 2. The summed E-state index contributed by atoms with van der Waals surface area (Å²) in [5, 5.41) is 5.64. The van der Waals surface area contributed by atoms with E-state index in [4.69, 9.17) is 12.2 Å². The molecule has 1 amide bonds. The number of hydrogen-bond acceptors (Lipinski definition) is 4. The largest absolute Gasteiger partial charge is 0.332 e. The Kier molecular flexibility index (Phi) is 7.05. The van der Waals surface area contributed by atoms with Crippen LogP contribution in [0.25, 0.3) is 0 Å². The molecule has 1 saturated heterocycles. The zero-order valence-electron chi connectivity index (χ0n) is 15.9. The van der Waals surface area contributed by atoms with Gasteiger partial charge in [-0.15, -0.1) is 0 Å². The van der Waals surface area contributed by atoms with Crippen molar-refractivity contribution in [2.24, 2.45) is 5.92 Å². The lowest BCUT2D eigenvalue weighted by Gasteiger charge is -2.29. The van der Waals surface area contributed by atoms with Gasteiger partial charge in [0, 0.05) is 23.2 Å². The molecule has 1 heterocycles. The van der Waals surface area contributed by atoms with Gasteiger partial charge < -0.3 is 5.32 Å². The average Bonchev–Trinajstić information content (AvgIpc) is 2.69. The summed E-state index contributed by atoms with van der Waals surface area (Å²) in [7, 11) is -3.49. The summed E-state index contributed by atoms with van der Waals surface area (Å²) >= 11 is 8.52. The van der Waals surface area contributed by atoms with Crippen molar-refractivity contribution in [2.75, 3.05) is 18.4 Å². The second-order valence-electron chi connectivity index (χ2n) is 7.00. The first-order valence-electron chi connectivity index (χ1n) is 9.24. The maximum absolute atomic E-state index is 12.8. The zero-order chi connectivity index (χ0) is 21.0. The molecule has 1 aliphatic heterocycles. The highest BCUT2D eigenvalue weighted by Gasteiger charge is 2.27. The van der Waals surface area contributed by atoms with Crippen LogP contribution in [0.1, 0.15) is 30.1 Å². The molecule has 6 nitrogen and oxygen atoms in total. The fraction of sp³-hybridized carbons (Fsp3) is 0.300. The van der Waals surface area contributed by atoms with Crippen LogP contribution in [0.4, 0.5) is 5.69 Å². The van der Waals surface area contributed by atoms with Crippen LogP contribution in [-0.4, -0.2) is 36.8 Å². The number of rotatable bonds is 4. The lowest BCUT2D eigenvalue weighted by atomic mass is 10.0. The van der Waals surface area contributed by atoms with Crippen LogP contribution in [0.3, 0.4) is 0 Å². The number of hydrogen-bond donors (Lipinski definition) is 2. The third-order valence-electron chi connectivity index (χ3n) is 4.84. The third-order valence-corrected chi connectivity index (χ3v) is 7.65. The molecule has 0 aliphatic carbocycles. The molecule has 0 saturated carbocycles. The maximum Gasteiger partial charge on any atom is 0.258 e. The minimum absolute atomic E-state index is 0.131. The Morgan fingerprint density at radius 1 is 1.10 bits per heavy atom. The average molecular weight is 496 g/mol. The molecule has 0 unspecified atom stereocenters. The van der Waals surface area contributed by atoms with Crippen molar-refractivity contribution in [2.45, 2.75) is 24.7 Å². The van der Waals surface area contributed by atoms with Gasteiger partial charge in [-0.05, 0) is 83.3 Å². The maximum atomic E-state index is 12.8. The summed E-state index contributed by atoms with van der Waals surface area (Å²) in [4.78, 5) is 12.5. The Balaban J connectivity index is 1.62. The lowest BCUT2D eigenvalue weighted by molar-refractivity contribution is 0.0977. The summed E-state index contributed by atoms with van der Waals surface area (Å²) in [6.07, 6.45) is 1.76. The first-order valence-corrected chi connectivity index (χ1v) is 11.9. The van der Waals surface area contributed by atoms with E-state index < -0.39 is 10.0 Å². The highest BCUT2D eigenvalue weighted by molar-refractivity contribution is 9.10. The van der Waals surface area contributed by atoms with Crippen LogP contribution in [0.2, 0.25) is 0 Å². The molecule has 1 aliphatic rings. The summed E-state index contributed by atoms with van der Waals surface area (Å²) in [5.41, 5.74) is 1.06. The van der Waals surface area contributed by atoms with E-state index in [1.165, 1.54) is 4.31 Å². The van der Waals surface area contributed by atoms with E-state index in [0.717, 1.165) is 12.8 Å². The summed E-state index contributed by atoms with van der Waals surface area (Å²) in [6, 6.07) is 13.4. The molecule has 3 rings (SSSR count). The van der Waals surface area contributed by atoms with E-state index in [-0.39, 0.29) is 15.9 Å². The van der Waals surface area contributed by atoms with Crippen molar-refractivity contribution in [1.29, 1.82) is 0 Å². The van der Waals surface area contributed by atoms with Gasteiger partial charge in [0.25, 0.3) is 5.91 Å². The Labute approximate surface area is 184 Å². The monoisotopic (exact) mass is 495 g/mol. The van der Waals surface area contributed by atoms with E-state index in [1.807, 2.05) is 6.07 Å².